The summed E-state index contributed by atoms with van der Waals surface area (Å²) in [5.41, 5.74) is 6.08. The number of benzene rings is 2. The first kappa shape index (κ1) is 22.5. The van der Waals surface area contributed by atoms with Crippen LogP contribution >= 0.6 is 0 Å². The molecular formula is C22H25N3O5. The summed E-state index contributed by atoms with van der Waals surface area (Å²) in [5, 5.41) is 18.2. The molecule has 3 aromatic rings. The molecule has 1 heterocycles. The zero-order chi connectivity index (χ0) is 22.3. The molecule has 0 fully saturated rings. The molecule has 0 aliphatic carbocycles. The van der Waals surface area contributed by atoms with E-state index in [1.807, 2.05) is 25.4 Å². The van der Waals surface area contributed by atoms with E-state index in [4.69, 9.17) is 24.5 Å². The first-order chi connectivity index (χ1) is 14.2. The fourth-order valence-electron chi connectivity index (χ4n) is 2.67. The predicted molar refractivity (Wildman–Crippen MR) is 114 cm³/mol. The highest BCUT2D eigenvalue weighted by molar-refractivity contribution is 6.27. The van der Waals surface area contributed by atoms with Crippen molar-refractivity contribution in [2.45, 2.75) is 20.4 Å². The molecule has 8 heteroatoms. The first-order valence-corrected chi connectivity index (χ1v) is 9.15. The Morgan fingerprint density at radius 2 is 1.67 bits per heavy atom. The number of carbonyl (C=O) groups is 2. The van der Waals surface area contributed by atoms with Gasteiger partial charge in [-0.1, -0.05) is 24.3 Å². The third-order valence-electron chi connectivity index (χ3n) is 4.58. The van der Waals surface area contributed by atoms with Crippen molar-refractivity contribution in [3.63, 3.8) is 0 Å². The molecule has 1 aromatic heterocycles. The first-order valence-electron chi connectivity index (χ1n) is 9.15. The van der Waals surface area contributed by atoms with Crippen molar-refractivity contribution in [2.75, 3.05) is 12.4 Å². The number of methoxy groups -OCH3 is 1. The summed E-state index contributed by atoms with van der Waals surface area (Å²) in [4.78, 5) is 22.7. The Kier molecular flexibility index (Phi) is 7.57. The number of aromatic nitrogens is 2. The lowest BCUT2D eigenvalue weighted by molar-refractivity contribution is -0.159. The number of hydrogen-bond donors (Lipinski definition) is 3. The number of nitrogens with one attached hydrogen (secondary N) is 1. The van der Waals surface area contributed by atoms with E-state index in [0.717, 1.165) is 23.9 Å². The standard InChI is InChI=1S/C20H23N3O.C2H2O4/c1-14-5-8-17(11-15(14)2)19-13-22-20(23(19)3)21-12-16-6-9-18(24-4)10-7-16;3-1(4)2(5)6/h5-11,13H,12H2,1-4H3,(H,21,22);(H,3,4)(H,5,6). The lowest BCUT2D eigenvalue weighted by Gasteiger charge is -2.10. The largest absolute Gasteiger partial charge is 0.497 e. The Hall–Kier alpha value is -3.81. The lowest BCUT2D eigenvalue weighted by Crippen LogP contribution is -2.09. The molecule has 158 valence electrons. The molecule has 3 N–H and O–H groups in total. The van der Waals surface area contributed by atoms with E-state index >= 15 is 0 Å². The molecule has 0 bridgehead atoms. The van der Waals surface area contributed by atoms with Crippen LogP contribution in [0.15, 0.2) is 48.7 Å². The summed E-state index contributed by atoms with van der Waals surface area (Å²) >= 11 is 0. The monoisotopic (exact) mass is 411 g/mol. The number of carboxylic acids is 2. The summed E-state index contributed by atoms with van der Waals surface area (Å²) in [6, 6.07) is 14.6. The van der Waals surface area contributed by atoms with Crippen molar-refractivity contribution in [2.24, 2.45) is 7.05 Å². The summed E-state index contributed by atoms with van der Waals surface area (Å²) in [6.45, 7) is 4.99. The van der Waals surface area contributed by atoms with Gasteiger partial charge in [-0.15, -0.1) is 0 Å². The zero-order valence-electron chi connectivity index (χ0n) is 17.3. The van der Waals surface area contributed by atoms with Gasteiger partial charge in [0, 0.05) is 19.2 Å². The van der Waals surface area contributed by atoms with Crippen LogP contribution < -0.4 is 10.1 Å². The van der Waals surface area contributed by atoms with Gasteiger partial charge in [0.25, 0.3) is 0 Å². The number of anilines is 1. The van der Waals surface area contributed by atoms with Crippen LogP contribution in [0.3, 0.4) is 0 Å². The predicted octanol–water partition coefficient (Wildman–Crippen LogP) is 3.48. The maximum Gasteiger partial charge on any atom is 0.414 e. The van der Waals surface area contributed by atoms with Crippen molar-refractivity contribution in [3.8, 4) is 17.0 Å². The van der Waals surface area contributed by atoms with E-state index in [1.54, 1.807) is 7.11 Å². The van der Waals surface area contributed by atoms with E-state index < -0.39 is 11.9 Å². The summed E-state index contributed by atoms with van der Waals surface area (Å²) in [7, 11) is 3.71. The fraction of sp³-hybridized carbons (Fsp3) is 0.227. The Labute approximate surface area is 174 Å². The van der Waals surface area contributed by atoms with Crippen molar-refractivity contribution >= 4 is 17.9 Å². The molecule has 0 aliphatic rings. The van der Waals surface area contributed by atoms with E-state index in [9.17, 15) is 0 Å². The molecule has 0 spiro atoms. The van der Waals surface area contributed by atoms with Gasteiger partial charge in [0.15, 0.2) is 0 Å². The number of carboxylic acid groups (broad SMARTS) is 2. The quantitative estimate of drug-likeness (QED) is 0.551. The maximum absolute atomic E-state index is 9.10. The molecule has 3 rings (SSSR count). The molecule has 0 saturated heterocycles. The van der Waals surface area contributed by atoms with Crippen molar-refractivity contribution in [3.05, 3.63) is 65.4 Å². The second-order valence-corrected chi connectivity index (χ2v) is 6.64. The highest BCUT2D eigenvalue weighted by Crippen LogP contribution is 2.24. The van der Waals surface area contributed by atoms with Crippen LogP contribution in [0, 0.1) is 13.8 Å². The van der Waals surface area contributed by atoms with Crippen LogP contribution in [-0.2, 0) is 23.2 Å². The zero-order valence-corrected chi connectivity index (χ0v) is 17.3. The SMILES string of the molecule is COc1ccc(CNc2ncc(-c3ccc(C)c(C)c3)n2C)cc1.O=C(O)C(=O)O. The van der Waals surface area contributed by atoms with Gasteiger partial charge >= 0.3 is 11.9 Å². The van der Waals surface area contributed by atoms with Gasteiger partial charge < -0.3 is 24.8 Å². The highest BCUT2D eigenvalue weighted by atomic mass is 16.5. The van der Waals surface area contributed by atoms with Crippen LogP contribution in [0.4, 0.5) is 5.95 Å². The van der Waals surface area contributed by atoms with Crippen molar-refractivity contribution in [1.82, 2.24) is 9.55 Å². The third-order valence-corrected chi connectivity index (χ3v) is 4.58. The molecule has 0 radical (unpaired) electrons. The third kappa shape index (κ3) is 5.84. The molecule has 2 aromatic carbocycles. The second kappa shape index (κ2) is 10.1. The molecule has 0 amide bonds. The van der Waals surface area contributed by atoms with Gasteiger partial charge in [-0.25, -0.2) is 14.6 Å². The Morgan fingerprint density at radius 3 is 2.20 bits per heavy atom. The van der Waals surface area contributed by atoms with Crippen molar-refractivity contribution in [1.29, 1.82) is 0 Å². The van der Waals surface area contributed by atoms with E-state index in [0.29, 0.717) is 0 Å². The topological polar surface area (TPSA) is 114 Å². The highest BCUT2D eigenvalue weighted by Gasteiger charge is 2.09. The minimum absolute atomic E-state index is 0.723. The lowest BCUT2D eigenvalue weighted by atomic mass is 10.0. The average molecular weight is 411 g/mol. The Bertz CT molecular complexity index is 1010. The minimum atomic E-state index is -1.82. The Balaban J connectivity index is 0.000000469. The van der Waals surface area contributed by atoms with E-state index in [1.165, 1.54) is 22.3 Å². The van der Waals surface area contributed by atoms with Gasteiger partial charge in [0.1, 0.15) is 5.75 Å². The van der Waals surface area contributed by atoms with Gasteiger partial charge in [-0.2, -0.15) is 0 Å². The fourth-order valence-corrected chi connectivity index (χ4v) is 2.67. The number of imidazole rings is 1. The van der Waals surface area contributed by atoms with E-state index in [2.05, 4.69) is 59.0 Å². The Morgan fingerprint density at radius 1 is 1.03 bits per heavy atom. The van der Waals surface area contributed by atoms with Gasteiger partial charge in [-0.3, -0.25) is 0 Å². The molecule has 30 heavy (non-hydrogen) atoms. The van der Waals surface area contributed by atoms with Crippen LogP contribution in [0.1, 0.15) is 16.7 Å². The van der Waals surface area contributed by atoms with Crippen LogP contribution in [0.2, 0.25) is 0 Å². The summed E-state index contributed by atoms with van der Waals surface area (Å²) < 4.78 is 7.28. The number of ether oxygens (including phenoxy) is 1. The van der Waals surface area contributed by atoms with Gasteiger partial charge in [0.05, 0.1) is 19.0 Å². The molecule has 0 aliphatic heterocycles. The normalized spacial score (nSPS) is 10.0. The molecule has 0 unspecified atom stereocenters. The molecule has 0 saturated carbocycles. The molecular weight excluding hydrogens is 386 g/mol. The van der Waals surface area contributed by atoms with Gasteiger partial charge in [-0.05, 0) is 48.7 Å². The molecule has 8 nitrogen and oxygen atoms in total. The minimum Gasteiger partial charge on any atom is -0.497 e. The van der Waals surface area contributed by atoms with Crippen LogP contribution in [-0.4, -0.2) is 38.8 Å². The maximum atomic E-state index is 9.10. The van der Waals surface area contributed by atoms with Crippen LogP contribution in [0.25, 0.3) is 11.3 Å². The van der Waals surface area contributed by atoms with Crippen molar-refractivity contribution < 1.29 is 24.5 Å². The van der Waals surface area contributed by atoms with Gasteiger partial charge in [0.2, 0.25) is 5.95 Å². The number of aryl methyl sites for hydroxylation is 2. The number of nitrogens with zero attached hydrogens (tertiary/aromatic N) is 2. The van der Waals surface area contributed by atoms with Crippen LogP contribution in [0.5, 0.6) is 5.75 Å². The smallest absolute Gasteiger partial charge is 0.414 e. The van der Waals surface area contributed by atoms with E-state index in [-0.39, 0.29) is 0 Å². The second-order valence-electron chi connectivity index (χ2n) is 6.64. The molecule has 0 atom stereocenters. The number of aliphatic carboxylic acids is 2. The summed E-state index contributed by atoms with van der Waals surface area (Å²) in [5.74, 6) is -1.92. The average Bonchev–Trinajstić information content (AvgIpc) is 3.09. The number of hydrogen-bond acceptors (Lipinski definition) is 5. The number of rotatable bonds is 5. The summed E-state index contributed by atoms with van der Waals surface area (Å²) in [6.07, 6.45) is 1.92.